The van der Waals surface area contributed by atoms with Gasteiger partial charge in [-0.2, -0.15) is 0 Å². The zero-order valence-electron chi connectivity index (χ0n) is 13.2. The first-order valence-electron chi connectivity index (χ1n) is 7.41. The quantitative estimate of drug-likeness (QED) is 0.665. The first-order chi connectivity index (χ1) is 11.5. The fraction of sp³-hybridized carbons (Fsp3) is 0.235. The highest BCUT2D eigenvalue weighted by atomic mass is 35.5. The Morgan fingerprint density at radius 3 is 2.92 bits per heavy atom. The van der Waals surface area contributed by atoms with Crippen LogP contribution in [-0.4, -0.2) is 22.1 Å². The van der Waals surface area contributed by atoms with Crippen LogP contribution in [0.3, 0.4) is 0 Å². The molecule has 124 valence electrons. The highest BCUT2D eigenvalue weighted by Crippen LogP contribution is 2.36. The molecule has 24 heavy (non-hydrogen) atoms. The molecule has 0 aliphatic rings. The van der Waals surface area contributed by atoms with Gasteiger partial charge in [0, 0.05) is 15.5 Å². The number of aryl methyl sites for hydroxylation is 1. The Balaban J connectivity index is 2.18. The largest absolute Gasteiger partial charge is 0.465 e. The lowest BCUT2D eigenvalue weighted by atomic mass is 10.0. The van der Waals surface area contributed by atoms with Crippen molar-refractivity contribution in [3.8, 4) is 11.1 Å². The summed E-state index contributed by atoms with van der Waals surface area (Å²) in [5.41, 5.74) is 1.42. The van der Waals surface area contributed by atoms with E-state index in [1.165, 1.54) is 22.2 Å². The van der Waals surface area contributed by atoms with Crippen molar-refractivity contribution >= 4 is 39.1 Å². The maximum absolute atomic E-state index is 12.8. The number of carbonyl (C=O) groups is 1. The van der Waals surface area contributed by atoms with E-state index in [0.717, 1.165) is 16.0 Å². The van der Waals surface area contributed by atoms with Gasteiger partial charge in [0.05, 0.1) is 18.3 Å². The van der Waals surface area contributed by atoms with Gasteiger partial charge in [-0.1, -0.05) is 23.7 Å². The molecule has 0 aliphatic carbocycles. The van der Waals surface area contributed by atoms with Crippen molar-refractivity contribution in [2.24, 2.45) is 0 Å². The lowest BCUT2D eigenvalue weighted by molar-refractivity contribution is -0.143. The van der Waals surface area contributed by atoms with E-state index in [-0.39, 0.29) is 18.7 Å². The molecule has 0 bridgehead atoms. The summed E-state index contributed by atoms with van der Waals surface area (Å²) in [6.45, 7) is 3.79. The van der Waals surface area contributed by atoms with E-state index in [1.807, 2.05) is 25.1 Å². The molecule has 1 aromatic carbocycles. The van der Waals surface area contributed by atoms with Crippen LogP contribution in [0.2, 0.25) is 5.02 Å². The molecule has 0 amide bonds. The summed E-state index contributed by atoms with van der Waals surface area (Å²) in [5.74, 6) is -0.461. The van der Waals surface area contributed by atoms with E-state index in [4.69, 9.17) is 16.3 Å². The van der Waals surface area contributed by atoms with Crippen molar-refractivity contribution in [3.63, 3.8) is 0 Å². The lowest BCUT2D eigenvalue weighted by Gasteiger charge is -2.06. The van der Waals surface area contributed by atoms with Gasteiger partial charge in [-0.3, -0.25) is 14.2 Å². The third kappa shape index (κ3) is 3.07. The smallest absolute Gasteiger partial charge is 0.326 e. The average molecular weight is 363 g/mol. The summed E-state index contributed by atoms with van der Waals surface area (Å²) in [4.78, 5) is 30.5. The van der Waals surface area contributed by atoms with E-state index in [2.05, 4.69) is 4.98 Å². The van der Waals surface area contributed by atoms with Crippen LogP contribution in [0.5, 0.6) is 0 Å². The van der Waals surface area contributed by atoms with Crippen LogP contribution in [0.15, 0.2) is 35.4 Å². The number of benzene rings is 1. The van der Waals surface area contributed by atoms with E-state index >= 15 is 0 Å². The topological polar surface area (TPSA) is 61.2 Å². The molecule has 0 spiro atoms. The minimum atomic E-state index is -0.461. The summed E-state index contributed by atoms with van der Waals surface area (Å²) >= 11 is 7.53. The highest BCUT2D eigenvalue weighted by molar-refractivity contribution is 7.19. The number of ether oxygens (including phenoxy) is 1. The number of rotatable bonds is 4. The SMILES string of the molecule is CCOC(=O)Cn1cnc2sc(C)c(-c3cccc(Cl)c3)c2c1=O. The number of carbonyl (C=O) groups excluding carboxylic acids is 1. The van der Waals surface area contributed by atoms with Crippen molar-refractivity contribution in [3.05, 3.63) is 50.8 Å². The van der Waals surface area contributed by atoms with Crippen molar-refractivity contribution in [2.75, 3.05) is 6.61 Å². The summed E-state index contributed by atoms with van der Waals surface area (Å²) in [6.07, 6.45) is 1.39. The number of hydrogen-bond donors (Lipinski definition) is 0. The van der Waals surface area contributed by atoms with Crippen molar-refractivity contribution in [1.82, 2.24) is 9.55 Å². The zero-order valence-corrected chi connectivity index (χ0v) is 14.8. The van der Waals surface area contributed by atoms with Gasteiger partial charge in [0.15, 0.2) is 0 Å². The van der Waals surface area contributed by atoms with Crippen LogP contribution in [0.1, 0.15) is 11.8 Å². The predicted molar refractivity (Wildman–Crippen MR) is 95.7 cm³/mol. The molecule has 0 atom stereocenters. The van der Waals surface area contributed by atoms with E-state index in [1.54, 1.807) is 13.0 Å². The van der Waals surface area contributed by atoms with Crippen LogP contribution >= 0.6 is 22.9 Å². The minimum absolute atomic E-state index is 0.153. The normalized spacial score (nSPS) is 11.0. The highest BCUT2D eigenvalue weighted by Gasteiger charge is 2.18. The number of hydrogen-bond acceptors (Lipinski definition) is 5. The maximum atomic E-state index is 12.8. The number of thiophene rings is 1. The predicted octanol–water partition coefficient (Wildman–Crippen LogP) is 3.65. The summed E-state index contributed by atoms with van der Waals surface area (Å²) < 4.78 is 6.19. The molecule has 0 saturated heterocycles. The Bertz CT molecular complexity index is 978. The second-order valence-corrected chi connectivity index (χ2v) is 6.85. The number of fused-ring (bicyclic) bond motifs is 1. The molecular formula is C17H15ClN2O3S. The Hall–Kier alpha value is -2.18. The van der Waals surface area contributed by atoms with E-state index in [0.29, 0.717) is 15.2 Å². The molecule has 2 heterocycles. The molecule has 2 aromatic heterocycles. The number of aromatic nitrogens is 2. The van der Waals surface area contributed by atoms with Gasteiger partial charge in [-0.15, -0.1) is 11.3 Å². The molecule has 0 unspecified atom stereocenters. The average Bonchev–Trinajstić information content (AvgIpc) is 2.87. The number of esters is 1. The van der Waals surface area contributed by atoms with Crippen molar-refractivity contribution in [1.29, 1.82) is 0 Å². The molecule has 0 aliphatic heterocycles. The van der Waals surface area contributed by atoms with Crippen LogP contribution in [-0.2, 0) is 16.1 Å². The van der Waals surface area contributed by atoms with Crippen molar-refractivity contribution in [2.45, 2.75) is 20.4 Å². The number of halogens is 1. The second kappa shape index (κ2) is 6.75. The Kier molecular flexibility index (Phi) is 4.69. The van der Waals surface area contributed by atoms with Crippen LogP contribution in [0.25, 0.3) is 21.3 Å². The van der Waals surface area contributed by atoms with Gasteiger partial charge in [-0.05, 0) is 31.5 Å². The molecule has 7 heteroatoms. The summed E-state index contributed by atoms with van der Waals surface area (Å²) in [6, 6.07) is 7.35. The van der Waals surface area contributed by atoms with Gasteiger partial charge >= 0.3 is 5.97 Å². The monoisotopic (exact) mass is 362 g/mol. The van der Waals surface area contributed by atoms with E-state index in [9.17, 15) is 9.59 Å². The third-order valence-electron chi connectivity index (χ3n) is 3.57. The first-order valence-corrected chi connectivity index (χ1v) is 8.60. The minimum Gasteiger partial charge on any atom is -0.465 e. The lowest BCUT2D eigenvalue weighted by Crippen LogP contribution is -2.25. The van der Waals surface area contributed by atoms with Gasteiger partial charge in [-0.25, -0.2) is 4.98 Å². The Morgan fingerprint density at radius 2 is 2.21 bits per heavy atom. The molecule has 0 N–H and O–H groups in total. The molecule has 0 saturated carbocycles. The van der Waals surface area contributed by atoms with Gasteiger partial charge in [0.2, 0.25) is 0 Å². The van der Waals surface area contributed by atoms with Gasteiger partial charge in [0.1, 0.15) is 11.4 Å². The standard InChI is InChI=1S/C17H15ClN2O3S/c1-3-23-13(21)8-20-9-19-16-15(17(20)22)14(10(2)24-16)11-5-4-6-12(18)7-11/h4-7,9H,3,8H2,1-2H3. The molecule has 0 radical (unpaired) electrons. The molecule has 3 rings (SSSR count). The van der Waals surface area contributed by atoms with E-state index < -0.39 is 5.97 Å². The Morgan fingerprint density at radius 1 is 1.42 bits per heavy atom. The second-order valence-electron chi connectivity index (χ2n) is 5.21. The molecule has 0 fully saturated rings. The zero-order chi connectivity index (χ0) is 17.3. The van der Waals surface area contributed by atoms with Crippen LogP contribution in [0, 0.1) is 6.92 Å². The summed E-state index contributed by atoms with van der Waals surface area (Å²) in [7, 11) is 0. The first kappa shape index (κ1) is 16.7. The van der Waals surface area contributed by atoms with Crippen molar-refractivity contribution < 1.29 is 9.53 Å². The molecule has 3 aromatic rings. The van der Waals surface area contributed by atoms with Crippen LogP contribution < -0.4 is 5.56 Å². The fourth-order valence-corrected chi connectivity index (χ4v) is 3.78. The van der Waals surface area contributed by atoms with Gasteiger partial charge < -0.3 is 4.74 Å². The maximum Gasteiger partial charge on any atom is 0.326 e. The number of nitrogens with zero attached hydrogens (tertiary/aromatic N) is 2. The molecule has 5 nitrogen and oxygen atoms in total. The van der Waals surface area contributed by atoms with Gasteiger partial charge in [0.25, 0.3) is 5.56 Å². The third-order valence-corrected chi connectivity index (χ3v) is 4.82. The Labute approximate surface area is 147 Å². The molecular weight excluding hydrogens is 348 g/mol. The van der Waals surface area contributed by atoms with Crippen LogP contribution in [0.4, 0.5) is 0 Å². The fourth-order valence-electron chi connectivity index (χ4n) is 2.59. The summed E-state index contributed by atoms with van der Waals surface area (Å²) in [5, 5.41) is 1.11.